The van der Waals surface area contributed by atoms with E-state index in [1.54, 1.807) is 11.8 Å². The highest BCUT2D eigenvalue weighted by molar-refractivity contribution is 9.10. The number of aryl methyl sites for hydroxylation is 1. The van der Waals surface area contributed by atoms with Crippen LogP contribution in [-0.4, -0.2) is 29.8 Å². The average molecular weight is 343 g/mol. The van der Waals surface area contributed by atoms with Crippen LogP contribution in [0.2, 0.25) is 0 Å². The van der Waals surface area contributed by atoms with Crippen LogP contribution in [0.3, 0.4) is 0 Å². The maximum absolute atomic E-state index is 11.9. The molecule has 0 radical (unpaired) electrons. The lowest BCUT2D eigenvalue weighted by Gasteiger charge is -2.26. The Balaban J connectivity index is 1.79. The van der Waals surface area contributed by atoms with Gasteiger partial charge in [-0.3, -0.25) is 10.2 Å². The molecular formula is C14H19BrN2OS. The predicted molar refractivity (Wildman–Crippen MR) is 83.2 cm³/mol. The van der Waals surface area contributed by atoms with E-state index in [2.05, 4.69) is 40.4 Å². The zero-order valence-corrected chi connectivity index (χ0v) is 13.5. The molecule has 1 aliphatic rings. The van der Waals surface area contributed by atoms with Crippen LogP contribution < -0.4 is 5.43 Å². The van der Waals surface area contributed by atoms with Crippen LogP contribution in [0.15, 0.2) is 27.6 Å². The maximum atomic E-state index is 11.9. The molecule has 1 fully saturated rings. The molecule has 104 valence electrons. The largest absolute Gasteiger partial charge is 0.288 e. The summed E-state index contributed by atoms with van der Waals surface area (Å²) in [6.45, 7) is 4.02. The van der Waals surface area contributed by atoms with Crippen LogP contribution in [0.25, 0.3) is 0 Å². The third kappa shape index (κ3) is 4.82. The fourth-order valence-electron chi connectivity index (χ4n) is 2.13. The summed E-state index contributed by atoms with van der Waals surface area (Å²) in [4.78, 5) is 13.0. The number of thioether (sulfide) groups is 1. The van der Waals surface area contributed by atoms with Crippen LogP contribution >= 0.6 is 27.7 Å². The van der Waals surface area contributed by atoms with Crippen molar-refractivity contribution in [2.45, 2.75) is 31.1 Å². The molecule has 1 amide bonds. The first-order chi connectivity index (χ1) is 9.15. The highest BCUT2D eigenvalue weighted by Crippen LogP contribution is 2.25. The van der Waals surface area contributed by atoms with Gasteiger partial charge >= 0.3 is 0 Å². The van der Waals surface area contributed by atoms with Crippen molar-refractivity contribution in [1.82, 2.24) is 10.4 Å². The molecule has 0 unspecified atom stereocenters. The van der Waals surface area contributed by atoms with E-state index in [0.29, 0.717) is 5.75 Å². The molecule has 1 N–H and O–H groups in total. The second kappa shape index (κ2) is 7.31. The number of nitrogens with one attached hydrogen (secondary N) is 1. The molecule has 1 aromatic carbocycles. The van der Waals surface area contributed by atoms with Crippen LogP contribution in [0.4, 0.5) is 0 Å². The Hall–Kier alpha value is -0.520. The lowest BCUT2D eigenvalue weighted by atomic mass is 10.2. The molecule has 0 bridgehead atoms. The highest BCUT2D eigenvalue weighted by atomic mass is 79.9. The summed E-state index contributed by atoms with van der Waals surface area (Å²) in [7, 11) is 0. The minimum Gasteiger partial charge on any atom is -0.288 e. The summed E-state index contributed by atoms with van der Waals surface area (Å²) in [6, 6.07) is 6.14. The maximum Gasteiger partial charge on any atom is 0.244 e. The van der Waals surface area contributed by atoms with E-state index in [1.165, 1.54) is 24.8 Å². The fourth-order valence-corrected chi connectivity index (χ4v) is 3.41. The number of piperidine rings is 1. The summed E-state index contributed by atoms with van der Waals surface area (Å²) in [6.07, 6.45) is 3.64. The van der Waals surface area contributed by atoms with Crippen molar-refractivity contribution in [1.29, 1.82) is 0 Å². The average Bonchev–Trinajstić information content (AvgIpc) is 2.39. The summed E-state index contributed by atoms with van der Waals surface area (Å²) >= 11 is 5.04. The van der Waals surface area contributed by atoms with Crippen LogP contribution in [-0.2, 0) is 4.79 Å². The lowest BCUT2D eigenvalue weighted by Crippen LogP contribution is -2.45. The van der Waals surface area contributed by atoms with Gasteiger partial charge in [-0.05, 0) is 43.5 Å². The highest BCUT2D eigenvalue weighted by Gasteiger charge is 2.13. The Kier molecular flexibility index (Phi) is 5.73. The number of halogens is 1. The van der Waals surface area contributed by atoms with Gasteiger partial charge in [0.1, 0.15) is 0 Å². The van der Waals surface area contributed by atoms with Crippen molar-refractivity contribution in [3.63, 3.8) is 0 Å². The molecule has 19 heavy (non-hydrogen) atoms. The fraction of sp³-hybridized carbons (Fsp3) is 0.500. The van der Waals surface area contributed by atoms with Crippen molar-refractivity contribution in [2.24, 2.45) is 0 Å². The SMILES string of the molecule is Cc1cc(Br)ccc1SCC(=O)NN1CCCCC1. The van der Waals surface area contributed by atoms with E-state index in [4.69, 9.17) is 0 Å². The number of hydrogen-bond donors (Lipinski definition) is 1. The van der Waals surface area contributed by atoms with Gasteiger partial charge in [0.15, 0.2) is 0 Å². The molecular weight excluding hydrogens is 324 g/mol. The number of nitrogens with zero attached hydrogens (tertiary/aromatic N) is 1. The van der Waals surface area contributed by atoms with Crippen molar-refractivity contribution < 1.29 is 4.79 Å². The van der Waals surface area contributed by atoms with Gasteiger partial charge in [0, 0.05) is 22.5 Å². The van der Waals surface area contributed by atoms with Gasteiger partial charge in [-0.25, -0.2) is 5.01 Å². The third-order valence-electron chi connectivity index (χ3n) is 3.13. The molecule has 3 nitrogen and oxygen atoms in total. The van der Waals surface area contributed by atoms with Gasteiger partial charge in [-0.2, -0.15) is 0 Å². The topological polar surface area (TPSA) is 32.3 Å². The monoisotopic (exact) mass is 342 g/mol. The van der Waals surface area contributed by atoms with Gasteiger partial charge in [0.25, 0.3) is 0 Å². The third-order valence-corrected chi connectivity index (χ3v) is 4.80. The van der Waals surface area contributed by atoms with Crippen molar-refractivity contribution in [3.05, 3.63) is 28.2 Å². The van der Waals surface area contributed by atoms with Gasteiger partial charge in [0.05, 0.1) is 5.75 Å². The molecule has 1 aromatic rings. The molecule has 2 rings (SSSR count). The van der Waals surface area contributed by atoms with Gasteiger partial charge < -0.3 is 0 Å². The number of carbonyl (C=O) groups is 1. The second-order valence-corrected chi connectivity index (χ2v) is 6.71. The van der Waals surface area contributed by atoms with Gasteiger partial charge in [-0.1, -0.05) is 22.4 Å². The Labute approximate surface area is 127 Å². The van der Waals surface area contributed by atoms with E-state index in [9.17, 15) is 4.79 Å². The van der Waals surface area contributed by atoms with Crippen molar-refractivity contribution in [3.8, 4) is 0 Å². The zero-order valence-electron chi connectivity index (χ0n) is 11.1. The second-order valence-electron chi connectivity index (χ2n) is 4.78. The van der Waals surface area contributed by atoms with Crippen molar-refractivity contribution in [2.75, 3.05) is 18.8 Å². The van der Waals surface area contributed by atoms with Gasteiger partial charge in [-0.15, -0.1) is 11.8 Å². The number of hydrazine groups is 1. The quantitative estimate of drug-likeness (QED) is 0.851. The number of benzene rings is 1. The van der Waals surface area contributed by atoms with Gasteiger partial charge in [0.2, 0.25) is 5.91 Å². The molecule has 0 aliphatic carbocycles. The molecule has 5 heteroatoms. The van der Waals surface area contributed by atoms with E-state index in [-0.39, 0.29) is 5.91 Å². The van der Waals surface area contributed by atoms with Crippen LogP contribution in [0.5, 0.6) is 0 Å². The summed E-state index contributed by atoms with van der Waals surface area (Å²) in [5, 5.41) is 2.04. The molecule has 0 atom stereocenters. The summed E-state index contributed by atoms with van der Waals surface area (Å²) in [5.74, 6) is 0.563. The minimum absolute atomic E-state index is 0.0919. The van der Waals surface area contributed by atoms with E-state index >= 15 is 0 Å². The predicted octanol–water partition coefficient (Wildman–Crippen LogP) is 3.37. The Morgan fingerprint density at radius 1 is 1.37 bits per heavy atom. The molecule has 1 aliphatic heterocycles. The lowest BCUT2D eigenvalue weighted by molar-refractivity contribution is -0.123. The summed E-state index contributed by atoms with van der Waals surface area (Å²) in [5.41, 5.74) is 4.18. The smallest absolute Gasteiger partial charge is 0.244 e. The molecule has 1 saturated heterocycles. The standard InChI is InChI=1S/C14H19BrN2OS/c1-11-9-12(15)5-6-13(11)19-10-14(18)16-17-7-3-2-4-8-17/h5-6,9H,2-4,7-8,10H2,1H3,(H,16,18). The molecule has 1 heterocycles. The normalized spacial score (nSPS) is 16.3. The van der Waals surface area contributed by atoms with Crippen molar-refractivity contribution >= 4 is 33.6 Å². The minimum atomic E-state index is 0.0919. The molecule has 0 spiro atoms. The van der Waals surface area contributed by atoms with E-state index < -0.39 is 0 Å². The van der Waals surface area contributed by atoms with E-state index in [1.807, 2.05) is 11.1 Å². The Bertz CT molecular complexity index is 447. The zero-order chi connectivity index (χ0) is 13.7. The van der Waals surface area contributed by atoms with Crippen LogP contribution in [0.1, 0.15) is 24.8 Å². The first kappa shape index (κ1) is 14.9. The van der Waals surface area contributed by atoms with Crippen LogP contribution in [0, 0.1) is 6.92 Å². The number of carbonyl (C=O) groups excluding carboxylic acids is 1. The number of rotatable bonds is 4. The molecule has 0 aromatic heterocycles. The first-order valence-electron chi connectivity index (χ1n) is 6.58. The number of hydrogen-bond acceptors (Lipinski definition) is 3. The number of amides is 1. The Morgan fingerprint density at radius 3 is 2.79 bits per heavy atom. The Morgan fingerprint density at radius 2 is 2.11 bits per heavy atom. The van der Waals surface area contributed by atoms with E-state index in [0.717, 1.165) is 22.5 Å². The summed E-state index contributed by atoms with van der Waals surface area (Å²) < 4.78 is 1.08. The first-order valence-corrected chi connectivity index (χ1v) is 8.36. The molecule has 0 saturated carbocycles.